The summed E-state index contributed by atoms with van der Waals surface area (Å²) in [6.45, 7) is 7.25. The van der Waals surface area contributed by atoms with Crippen molar-refractivity contribution in [2.24, 2.45) is 0 Å². The molecule has 1 heterocycles. The van der Waals surface area contributed by atoms with E-state index in [4.69, 9.17) is 0 Å². The summed E-state index contributed by atoms with van der Waals surface area (Å²) in [4.78, 5) is 17.0. The molecule has 1 saturated heterocycles. The number of sulfonamides is 1. The molecule has 0 saturated carbocycles. The maximum atomic E-state index is 12.9. The molecule has 0 aliphatic carbocycles. The van der Waals surface area contributed by atoms with Gasteiger partial charge >= 0.3 is 0 Å². The predicted octanol–water partition coefficient (Wildman–Crippen LogP) is 2.41. The second-order valence-electron chi connectivity index (χ2n) is 7.70. The summed E-state index contributed by atoms with van der Waals surface area (Å²) in [5.41, 5.74) is 3.62. The monoisotopic (exact) mass is 415 g/mol. The summed E-state index contributed by atoms with van der Waals surface area (Å²) in [5.74, 6) is -0.157. The van der Waals surface area contributed by atoms with Gasteiger partial charge < -0.3 is 4.90 Å². The van der Waals surface area contributed by atoms with Gasteiger partial charge in [0.1, 0.15) is 6.54 Å². The second-order valence-corrected chi connectivity index (χ2v) is 9.61. The third-order valence-electron chi connectivity index (χ3n) is 5.29. The Morgan fingerprint density at radius 2 is 1.66 bits per heavy atom. The molecule has 29 heavy (non-hydrogen) atoms. The van der Waals surface area contributed by atoms with E-state index in [9.17, 15) is 13.2 Å². The van der Waals surface area contributed by atoms with Gasteiger partial charge in [-0.05, 0) is 36.6 Å². The Kier molecular flexibility index (Phi) is 6.59. The molecule has 0 atom stereocenters. The van der Waals surface area contributed by atoms with Crippen LogP contribution in [0.4, 0.5) is 5.69 Å². The van der Waals surface area contributed by atoms with Crippen LogP contribution in [0.15, 0.2) is 48.5 Å². The molecule has 1 aliphatic heterocycles. The van der Waals surface area contributed by atoms with Gasteiger partial charge in [-0.2, -0.15) is 0 Å². The van der Waals surface area contributed by atoms with Gasteiger partial charge in [-0.3, -0.25) is 14.0 Å². The summed E-state index contributed by atoms with van der Waals surface area (Å²) < 4.78 is 26.1. The molecule has 1 amide bonds. The van der Waals surface area contributed by atoms with E-state index in [2.05, 4.69) is 17.0 Å². The standard InChI is InChI=1S/C22H29N3O3S/c1-18-9-10-19(2)21(15-18)25(29(3,27)28)17-22(26)24-13-11-23(12-14-24)16-20-7-5-4-6-8-20/h4-10,15H,11-14,16-17H2,1-3H3. The Morgan fingerprint density at radius 3 is 2.28 bits per heavy atom. The van der Waals surface area contributed by atoms with Crippen molar-refractivity contribution >= 4 is 21.6 Å². The molecule has 0 aromatic heterocycles. The van der Waals surface area contributed by atoms with Crippen LogP contribution >= 0.6 is 0 Å². The van der Waals surface area contributed by atoms with Crippen molar-refractivity contribution in [3.8, 4) is 0 Å². The van der Waals surface area contributed by atoms with E-state index in [-0.39, 0.29) is 12.5 Å². The van der Waals surface area contributed by atoms with Crippen LogP contribution in [-0.4, -0.2) is 63.1 Å². The first-order valence-corrected chi connectivity index (χ1v) is 11.7. The van der Waals surface area contributed by atoms with Gasteiger partial charge in [0.15, 0.2) is 0 Å². The van der Waals surface area contributed by atoms with Gasteiger partial charge in [0.05, 0.1) is 11.9 Å². The van der Waals surface area contributed by atoms with Crippen LogP contribution in [0.2, 0.25) is 0 Å². The van der Waals surface area contributed by atoms with Crippen LogP contribution in [0, 0.1) is 13.8 Å². The minimum absolute atomic E-state index is 0.157. The number of carbonyl (C=O) groups is 1. The second kappa shape index (κ2) is 8.97. The molecule has 1 fully saturated rings. The number of aryl methyl sites for hydroxylation is 2. The molecule has 3 rings (SSSR count). The van der Waals surface area contributed by atoms with E-state index in [1.807, 2.05) is 50.2 Å². The molecule has 0 spiro atoms. The molecule has 0 bridgehead atoms. The summed E-state index contributed by atoms with van der Waals surface area (Å²) in [7, 11) is -3.57. The third-order valence-corrected chi connectivity index (χ3v) is 6.41. The van der Waals surface area contributed by atoms with Crippen molar-refractivity contribution < 1.29 is 13.2 Å². The fraction of sp³-hybridized carbons (Fsp3) is 0.409. The summed E-state index contributed by atoms with van der Waals surface area (Å²) in [6.07, 6.45) is 1.15. The van der Waals surface area contributed by atoms with E-state index in [1.165, 1.54) is 9.87 Å². The molecular formula is C22H29N3O3S. The van der Waals surface area contributed by atoms with Crippen LogP contribution in [0.1, 0.15) is 16.7 Å². The predicted molar refractivity (Wildman–Crippen MR) is 116 cm³/mol. The highest BCUT2D eigenvalue weighted by Crippen LogP contribution is 2.24. The lowest BCUT2D eigenvalue weighted by Gasteiger charge is -2.36. The Hall–Kier alpha value is -2.38. The van der Waals surface area contributed by atoms with Gasteiger partial charge in [-0.25, -0.2) is 8.42 Å². The number of anilines is 1. The van der Waals surface area contributed by atoms with Crippen molar-refractivity contribution in [3.05, 3.63) is 65.2 Å². The Morgan fingerprint density at radius 1 is 1.00 bits per heavy atom. The Labute approximate surface area is 173 Å². The van der Waals surface area contributed by atoms with E-state index < -0.39 is 10.0 Å². The fourth-order valence-corrected chi connectivity index (χ4v) is 4.49. The van der Waals surface area contributed by atoms with Crippen molar-refractivity contribution in [2.45, 2.75) is 20.4 Å². The number of nitrogens with zero attached hydrogens (tertiary/aromatic N) is 3. The molecule has 2 aromatic carbocycles. The quantitative estimate of drug-likeness (QED) is 0.727. The van der Waals surface area contributed by atoms with Gasteiger partial charge in [-0.1, -0.05) is 42.5 Å². The van der Waals surface area contributed by atoms with Crippen LogP contribution in [0.25, 0.3) is 0 Å². The number of benzene rings is 2. The lowest BCUT2D eigenvalue weighted by Crippen LogP contribution is -2.51. The smallest absolute Gasteiger partial charge is 0.243 e. The number of hydrogen-bond acceptors (Lipinski definition) is 4. The van der Waals surface area contributed by atoms with Crippen molar-refractivity contribution in [2.75, 3.05) is 43.3 Å². The largest absolute Gasteiger partial charge is 0.339 e. The molecule has 2 aromatic rings. The van der Waals surface area contributed by atoms with Crippen LogP contribution in [0.5, 0.6) is 0 Å². The van der Waals surface area contributed by atoms with E-state index >= 15 is 0 Å². The number of hydrogen-bond donors (Lipinski definition) is 0. The molecular weight excluding hydrogens is 386 g/mol. The van der Waals surface area contributed by atoms with E-state index in [0.717, 1.165) is 37.0 Å². The molecule has 0 N–H and O–H groups in total. The first kappa shape index (κ1) is 21.3. The number of piperazine rings is 1. The van der Waals surface area contributed by atoms with Gasteiger partial charge in [0.25, 0.3) is 0 Å². The SMILES string of the molecule is Cc1ccc(C)c(N(CC(=O)N2CCN(Cc3ccccc3)CC2)S(C)(=O)=O)c1. The highest BCUT2D eigenvalue weighted by Gasteiger charge is 2.27. The fourth-order valence-electron chi connectivity index (χ4n) is 3.59. The number of amides is 1. The topological polar surface area (TPSA) is 60.9 Å². The zero-order valence-corrected chi connectivity index (χ0v) is 18.2. The van der Waals surface area contributed by atoms with Gasteiger partial charge in [0.2, 0.25) is 15.9 Å². The molecule has 0 radical (unpaired) electrons. The molecule has 0 unspecified atom stereocenters. The Bertz CT molecular complexity index is 953. The average Bonchev–Trinajstić information content (AvgIpc) is 2.68. The summed E-state index contributed by atoms with van der Waals surface area (Å²) >= 11 is 0. The van der Waals surface area contributed by atoms with Crippen LogP contribution < -0.4 is 4.31 Å². The highest BCUT2D eigenvalue weighted by molar-refractivity contribution is 7.92. The minimum atomic E-state index is -3.57. The normalized spacial score (nSPS) is 15.3. The molecule has 7 heteroatoms. The summed E-state index contributed by atoms with van der Waals surface area (Å²) in [6, 6.07) is 15.9. The lowest BCUT2D eigenvalue weighted by atomic mass is 10.1. The first-order valence-electron chi connectivity index (χ1n) is 9.83. The van der Waals surface area contributed by atoms with E-state index in [0.29, 0.717) is 18.8 Å². The number of carbonyl (C=O) groups excluding carboxylic acids is 1. The average molecular weight is 416 g/mol. The first-order chi connectivity index (χ1) is 13.7. The van der Waals surface area contributed by atoms with E-state index in [1.54, 1.807) is 4.90 Å². The van der Waals surface area contributed by atoms with Crippen LogP contribution in [-0.2, 0) is 21.4 Å². The molecule has 6 nitrogen and oxygen atoms in total. The minimum Gasteiger partial charge on any atom is -0.339 e. The molecule has 156 valence electrons. The maximum absolute atomic E-state index is 12.9. The van der Waals surface area contributed by atoms with Crippen LogP contribution in [0.3, 0.4) is 0 Å². The van der Waals surface area contributed by atoms with Gasteiger partial charge in [0, 0.05) is 32.7 Å². The van der Waals surface area contributed by atoms with Crippen molar-refractivity contribution in [1.29, 1.82) is 0 Å². The highest BCUT2D eigenvalue weighted by atomic mass is 32.2. The Balaban J connectivity index is 1.64. The zero-order valence-electron chi connectivity index (χ0n) is 17.3. The lowest BCUT2D eigenvalue weighted by molar-refractivity contribution is -0.131. The number of rotatable bonds is 6. The van der Waals surface area contributed by atoms with Gasteiger partial charge in [-0.15, -0.1) is 0 Å². The maximum Gasteiger partial charge on any atom is 0.243 e. The zero-order chi connectivity index (χ0) is 21.0. The third kappa shape index (κ3) is 5.58. The summed E-state index contributed by atoms with van der Waals surface area (Å²) in [5, 5.41) is 0. The van der Waals surface area contributed by atoms with Crippen molar-refractivity contribution in [1.82, 2.24) is 9.80 Å². The molecule has 1 aliphatic rings. The van der Waals surface area contributed by atoms with Crippen molar-refractivity contribution in [3.63, 3.8) is 0 Å².